The summed E-state index contributed by atoms with van der Waals surface area (Å²) in [5.74, 6) is 0.618. The molecule has 1 aromatic carbocycles. The van der Waals surface area contributed by atoms with Gasteiger partial charge in [-0.25, -0.2) is 0 Å². The first-order chi connectivity index (χ1) is 11.5. The van der Waals surface area contributed by atoms with Gasteiger partial charge in [-0.05, 0) is 44.2 Å². The first-order valence-corrected chi connectivity index (χ1v) is 9.43. The molecule has 0 spiro atoms. The number of halogens is 1. The molecule has 0 aromatic heterocycles. The van der Waals surface area contributed by atoms with Gasteiger partial charge in [0.2, 0.25) is 0 Å². The minimum atomic E-state index is 0. The molecule has 0 bridgehead atoms. The SMILES string of the molecule is CC(C)(CN=C(N)NC1CCCCC1)N1CCc2ccccc2C1.I. The second-order valence-corrected chi connectivity index (χ2v) is 7.93. The molecular weight excluding hydrogens is 423 g/mol. The Labute approximate surface area is 169 Å². The normalized spacial score (nSPS) is 19.8. The highest BCUT2D eigenvalue weighted by Crippen LogP contribution is 2.25. The van der Waals surface area contributed by atoms with E-state index in [4.69, 9.17) is 5.73 Å². The monoisotopic (exact) mass is 456 g/mol. The largest absolute Gasteiger partial charge is 0.370 e. The summed E-state index contributed by atoms with van der Waals surface area (Å²) < 4.78 is 0. The van der Waals surface area contributed by atoms with E-state index in [1.54, 1.807) is 0 Å². The van der Waals surface area contributed by atoms with E-state index < -0.39 is 0 Å². The standard InChI is InChI=1S/C20H32N4.HI/c1-20(2,15-22-19(21)23-18-10-4-3-5-11-18)24-13-12-16-8-6-7-9-17(16)14-24;/h6-9,18H,3-5,10-15H2,1-2H3,(H3,21,22,23);1H. The second kappa shape index (κ2) is 9.21. The Kier molecular flexibility index (Phi) is 7.55. The minimum Gasteiger partial charge on any atom is -0.370 e. The van der Waals surface area contributed by atoms with E-state index in [2.05, 4.69) is 53.3 Å². The molecule has 1 aliphatic heterocycles. The molecular formula is C20H33IN4. The van der Waals surface area contributed by atoms with Crippen LogP contribution in [-0.4, -0.2) is 35.5 Å². The van der Waals surface area contributed by atoms with Crippen LogP contribution in [0.5, 0.6) is 0 Å². The molecule has 0 radical (unpaired) electrons. The molecule has 4 nitrogen and oxygen atoms in total. The maximum absolute atomic E-state index is 6.14. The van der Waals surface area contributed by atoms with E-state index in [0.717, 1.165) is 26.1 Å². The van der Waals surface area contributed by atoms with Crippen molar-refractivity contribution in [3.05, 3.63) is 35.4 Å². The summed E-state index contributed by atoms with van der Waals surface area (Å²) in [6.45, 7) is 7.39. The number of hydrogen-bond donors (Lipinski definition) is 2. The number of aliphatic imine (C=N–C) groups is 1. The number of benzene rings is 1. The van der Waals surface area contributed by atoms with Crippen LogP contribution in [0.15, 0.2) is 29.3 Å². The summed E-state index contributed by atoms with van der Waals surface area (Å²) >= 11 is 0. The minimum absolute atomic E-state index is 0. The van der Waals surface area contributed by atoms with Crippen molar-refractivity contribution in [2.45, 2.75) is 70.5 Å². The lowest BCUT2D eigenvalue weighted by atomic mass is 9.94. The molecule has 1 saturated carbocycles. The number of nitrogens with two attached hydrogens (primary N) is 1. The van der Waals surface area contributed by atoms with Crippen molar-refractivity contribution in [1.82, 2.24) is 10.2 Å². The van der Waals surface area contributed by atoms with Gasteiger partial charge >= 0.3 is 0 Å². The van der Waals surface area contributed by atoms with Crippen molar-refractivity contribution in [2.75, 3.05) is 13.1 Å². The van der Waals surface area contributed by atoms with E-state index in [1.165, 1.54) is 43.2 Å². The lowest BCUT2D eigenvalue weighted by molar-refractivity contribution is 0.112. The summed E-state index contributed by atoms with van der Waals surface area (Å²) in [6.07, 6.45) is 7.55. The van der Waals surface area contributed by atoms with Crippen LogP contribution in [0, 0.1) is 0 Å². The van der Waals surface area contributed by atoms with Crippen LogP contribution in [0.2, 0.25) is 0 Å². The number of nitrogens with one attached hydrogen (secondary N) is 1. The van der Waals surface area contributed by atoms with E-state index in [1.807, 2.05) is 0 Å². The topological polar surface area (TPSA) is 53.6 Å². The number of guanidine groups is 1. The zero-order valence-electron chi connectivity index (χ0n) is 15.6. The van der Waals surface area contributed by atoms with Crippen molar-refractivity contribution >= 4 is 29.9 Å². The van der Waals surface area contributed by atoms with E-state index in [9.17, 15) is 0 Å². The van der Waals surface area contributed by atoms with Crippen LogP contribution in [0.4, 0.5) is 0 Å². The molecule has 2 aliphatic rings. The molecule has 5 heteroatoms. The van der Waals surface area contributed by atoms with Gasteiger partial charge < -0.3 is 11.1 Å². The van der Waals surface area contributed by atoms with Crippen molar-refractivity contribution in [2.24, 2.45) is 10.7 Å². The molecule has 25 heavy (non-hydrogen) atoms. The van der Waals surface area contributed by atoms with Gasteiger partial charge in [-0.3, -0.25) is 9.89 Å². The third-order valence-corrected chi connectivity index (χ3v) is 5.58. The molecule has 1 aromatic rings. The molecule has 0 saturated heterocycles. The van der Waals surface area contributed by atoms with Gasteiger partial charge in [0.1, 0.15) is 0 Å². The van der Waals surface area contributed by atoms with Crippen LogP contribution in [0.25, 0.3) is 0 Å². The highest BCUT2D eigenvalue weighted by atomic mass is 127. The molecule has 0 amide bonds. The molecule has 1 heterocycles. The van der Waals surface area contributed by atoms with Crippen molar-refractivity contribution in [3.8, 4) is 0 Å². The molecule has 3 N–H and O–H groups in total. The van der Waals surface area contributed by atoms with Crippen LogP contribution in [-0.2, 0) is 13.0 Å². The lowest BCUT2D eigenvalue weighted by Crippen LogP contribution is -2.49. The maximum atomic E-state index is 6.14. The maximum Gasteiger partial charge on any atom is 0.188 e. The van der Waals surface area contributed by atoms with Crippen molar-refractivity contribution in [1.29, 1.82) is 0 Å². The predicted octanol–water partition coefficient (Wildman–Crippen LogP) is 3.68. The Balaban J connectivity index is 0.00000225. The van der Waals surface area contributed by atoms with Gasteiger partial charge in [-0.2, -0.15) is 0 Å². The highest BCUT2D eigenvalue weighted by Gasteiger charge is 2.29. The Morgan fingerprint density at radius 3 is 2.60 bits per heavy atom. The van der Waals surface area contributed by atoms with Gasteiger partial charge in [-0.15, -0.1) is 24.0 Å². The Bertz CT molecular complexity index is 579. The summed E-state index contributed by atoms with van der Waals surface area (Å²) in [5.41, 5.74) is 9.10. The number of fused-ring (bicyclic) bond motifs is 1. The number of hydrogen-bond acceptors (Lipinski definition) is 2. The van der Waals surface area contributed by atoms with Crippen LogP contribution in [0.3, 0.4) is 0 Å². The fourth-order valence-corrected chi connectivity index (χ4v) is 3.89. The zero-order chi connectivity index (χ0) is 17.0. The van der Waals surface area contributed by atoms with Crippen LogP contribution in [0.1, 0.15) is 57.1 Å². The van der Waals surface area contributed by atoms with Gasteiger partial charge in [-0.1, -0.05) is 43.5 Å². The fourth-order valence-electron chi connectivity index (χ4n) is 3.89. The fraction of sp³-hybridized carbons (Fsp3) is 0.650. The quantitative estimate of drug-likeness (QED) is 0.413. The number of nitrogens with zero attached hydrogens (tertiary/aromatic N) is 2. The highest BCUT2D eigenvalue weighted by molar-refractivity contribution is 14.0. The van der Waals surface area contributed by atoms with Crippen molar-refractivity contribution in [3.63, 3.8) is 0 Å². The van der Waals surface area contributed by atoms with Gasteiger partial charge in [0.15, 0.2) is 5.96 Å². The van der Waals surface area contributed by atoms with E-state index >= 15 is 0 Å². The molecule has 1 fully saturated rings. The summed E-state index contributed by atoms with van der Waals surface area (Å²) in [7, 11) is 0. The molecule has 0 unspecified atom stereocenters. The van der Waals surface area contributed by atoms with Gasteiger partial charge in [0, 0.05) is 24.7 Å². The first kappa shape index (κ1) is 20.5. The van der Waals surface area contributed by atoms with Crippen LogP contribution >= 0.6 is 24.0 Å². The lowest BCUT2D eigenvalue weighted by Gasteiger charge is -2.40. The molecule has 1 aliphatic carbocycles. The first-order valence-electron chi connectivity index (χ1n) is 9.43. The Morgan fingerprint density at radius 2 is 1.88 bits per heavy atom. The third kappa shape index (κ3) is 5.58. The zero-order valence-corrected chi connectivity index (χ0v) is 18.0. The summed E-state index contributed by atoms with van der Waals surface area (Å²) in [5, 5.41) is 3.42. The van der Waals surface area contributed by atoms with E-state index in [-0.39, 0.29) is 29.5 Å². The average Bonchev–Trinajstić information content (AvgIpc) is 2.60. The number of rotatable bonds is 4. The van der Waals surface area contributed by atoms with Crippen LogP contribution < -0.4 is 11.1 Å². The van der Waals surface area contributed by atoms with E-state index in [0.29, 0.717) is 12.0 Å². The third-order valence-electron chi connectivity index (χ3n) is 5.58. The average molecular weight is 456 g/mol. The Hall–Kier alpha value is -0.820. The Morgan fingerprint density at radius 1 is 1.20 bits per heavy atom. The van der Waals surface area contributed by atoms with Gasteiger partial charge in [0.05, 0.1) is 6.54 Å². The molecule has 140 valence electrons. The van der Waals surface area contributed by atoms with Crippen molar-refractivity contribution < 1.29 is 0 Å². The van der Waals surface area contributed by atoms with Gasteiger partial charge in [0.25, 0.3) is 0 Å². The second-order valence-electron chi connectivity index (χ2n) is 7.93. The molecule has 3 rings (SSSR count). The summed E-state index contributed by atoms with van der Waals surface area (Å²) in [6, 6.07) is 9.30. The molecule has 0 atom stereocenters. The smallest absolute Gasteiger partial charge is 0.188 e. The summed E-state index contributed by atoms with van der Waals surface area (Å²) in [4.78, 5) is 7.20. The predicted molar refractivity (Wildman–Crippen MR) is 117 cm³/mol.